The summed E-state index contributed by atoms with van der Waals surface area (Å²) in [5.41, 5.74) is 0. The van der Waals surface area contributed by atoms with Crippen LogP contribution in [0.2, 0.25) is 0 Å². The van der Waals surface area contributed by atoms with Gasteiger partial charge in [-0.2, -0.15) is 11.8 Å². The molecule has 0 aromatic heterocycles. The summed E-state index contributed by atoms with van der Waals surface area (Å²) in [5.74, 6) is 1.38. The van der Waals surface area contributed by atoms with Crippen LogP contribution in [-0.4, -0.2) is 49.0 Å². The van der Waals surface area contributed by atoms with Gasteiger partial charge in [-0.25, -0.2) is 0 Å². The van der Waals surface area contributed by atoms with Gasteiger partial charge in [0.2, 0.25) is 5.91 Å². The lowest BCUT2D eigenvalue weighted by Crippen LogP contribution is -2.46. The first-order chi connectivity index (χ1) is 7.16. The van der Waals surface area contributed by atoms with Crippen molar-refractivity contribution in [1.82, 2.24) is 10.2 Å². The maximum absolute atomic E-state index is 12.0. The number of thioether (sulfide) groups is 1. The molecule has 0 spiro atoms. The van der Waals surface area contributed by atoms with Gasteiger partial charge < -0.3 is 10.2 Å². The molecule has 1 aliphatic rings. The fourth-order valence-electron chi connectivity index (χ4n) is 2.04. The maximum Gasteiger partial charge on any atom is 0.226 e. The highest BCUT2D eigenvalue weighted by Crippen LogP contribution is 2.15. The van der Waals surface area contributed by atoms with Crippen LogP contribution in [0.1, 0.15) is 19.8 Å². The molecule has 1 N–H and O–H groups in total. The summed E-state index contributed by atoms with van der Waals surface area (Å²) < 4.78 is 0. The monoisotopic (exact) mass is 230 g/mol. The molecule has 0 saturated carbocycles. The Morgan fingerprint density at radius 1 is 1.53 bits per heavy atom. The molecule has 0 aromatic rings. The molecule has 0 radical (unpaired) electrons. The van der Waals surface area contributed by atoms with Gasteiger partial charge in [0.1, 0.15) is 0 Å². The summed E-state index contributed by atoms with van der Waals surface area (Å²) in [7, 11) is 1.95. The molecule has 0 aromatic carbocycles. The smallest absolute Gasteiger partial charge is 0.226 e. The van der Waals surface area contributed by atoms with Crippen LogP contribution in [0.3, 0.4) is 0 Å². The molecule has 1 saturated heterocycles. The van der Waals surface area contributed by atoms with Gasteiger partial charge in [-0.05, 0) is 32.2 Å². The Morgan fingerprint density at radius 3 is 2.67 bits per heavy atom. The van der Waals surface area contributed by atoms with E-state index in [-0.39, 0.29) is 5.92 Å². The minimum absolute atomic E-state index is 0.153. The molecule has 1 unspecified atom stereocenters. The van der Waals surface area contributed by atoms with Gasteiger partial charge in [0.15, 0.2) is 0 Å². The summed E-state index contributed by atoms with van der Waals surface area (Å²) in [6.45, 7) is 4.11. The zero-order valence-electron chi connectivity index (χ0n) is 9.95. The lowest BCUT2D eigenvalue weighted by atomic mass is 10.0. The number of amides is 1. The molecule has 0 aliphatic carbocycles. The maximum atomic E-state index is 12.0. The van der Waals surface area contributed by atoms with Crippen LogP contribution in [0.25, 0.3) is 0 Å². The average Bonchev–Trinajstić information content (AvgIpc) is 2.28. The van der Waals surface area contributed by atoms with E-state index in [2.05, 4.69) is 5.32 Å². The second-order valence-electron chi connectivity index (χ2n) is 4.29. The van der Waals surface area contributed by atoms with Crippen molar-refractivity contribution in [2.45, 2.75) is 25.8 Å². The Hall–Kier alpha value is -0.220. The second-order valence-corrected chi connectivity index (χ2v) is 5.20. The Bertz CT molecular complexity index is 205. The third kappa shape index (κ3) is 3.68. The van der Waals surface area contributed by atoms with Crippen LogP contribution in [-0.2, 0) is 4.79 Å². The van der Waals surface area contributed by atoms with Gasteiger partial charge in [0.25, 0.3) is 0 Å². The van der Waals surface area contributed by atoms with Crippen molar-refractivity contribution in [3.05, 3.63) is 0 Å². The molecule has 88 valence electrons. The van der Waals surface area contributed by atoms with Crippen LogP contribution in [0, 0.1) is 5.92 Å². The topological polar surface area (TPSA) is 32.3 Å². The number of rotatable bonds is 4. The lowest BCUT2D eigenvalue weighted by Gasteiger charge is -2.33. The Morgan fingerprint density at radius 2 is 2.13 bits per heavy atom. The third-order valence-corrected chi connectivity index (χ3v) is 3.88. The van der Waals surface area contributed by atoms with Crippen LogP contribution in [0.4, 0.5) is 0 Å². The highest BCUT2D eigenvalue weighted by atomic mass is 32.2. The van der Waals surface area contributed by atoms with Crippen molar-refractivity contribution in [3.63, 3.8) is 0 Å². The summed E-state index contributed by atoms with van der Waals surface area (Å²) in [6.07, 6.45) is 4.23. The summed E-state index contributed by atoms with van der Waals surface area (Å²) >= 11 is 1.74. The molecule has 1 amide bonds. The molecule has 15 heavy (non-hydrogen) atoms. The van der Waals surface area contributed by atoms with Crippen LogP contribution in [0.15, 0.2) is 0 Å². The molecule has 1 rings (SSSR count). The number of hydrogen-bond acceptors (Lipinski definition) is 3. The van der Waals surface area contributed by atoms with Crippen LogP contribution >= 0.6 is 11.8 Å². The van der Waals surface area contributed by atoms with Gasteiger partial charge in [0, 0.05) is 24.8 Å². The van der Waals surface area contributed by atoms with Crippen molar-refractivity contribution in [2.75, 3.05) is 32.1 Å². The highest BCUT2D eigenvalue weighted by molar-refractivity contribution is 7.98. The molecule has 1 heterocycles. The summed E-state index contributed by atoms with van der Waals surface area (Å²) in [6, 6.07) is 0.447. The number of nitrogens with zero attached hydrogens (tertiary/aromatic N) is 1. The Labute approximate surface area is 97.0 Å². The van der Waals surface area contributed by atoms with E-state index in [4.69, 9.17) is 0 Å². The Balaban J connectivity index is 2.43. The van der Waals surface area contributed by atoms with Gasteiger partial charge in [-0.3, -0.25) is 4.79 Å². The second kappa shape index (κ2) is 6.38. The van der Waals surface area contributed by atoms with Gasteiger partial charge in [0.05, 0.1) is 0 Å². The fourth-order valence-corrected chi connectivity index (χ4v) is 2.69. The SMILES string of the molecule is CSCC(C)C(=O)N(C)C1CCNCC1. The van der Waals surface area contributed by atoms with Crippen molar-refractivity contribution in [3.8, 4) is 0 Å². The van der Waals surface area contributed by atoms with Crippen molar-refractivity contribution >= 4 is 17.7 Å². The molecule has 0 bridgehead atoms. The number of carbonyl (C=O) groups excluding carboxylic acids is 1. The van der Waals surface area contributed by atoms with E-state index in [0.717, 1.165) is 31.7 Å². The van der Waals surface area contributed by atoms with E-state index in [1.54, 1.807) is 11.8 Å². The largest absolute Gasteiger partial charge is 0.342 e. The predicted octanol–water partition coefficient (Wildman–Crippen LogP) is 1.20. The normalized spacial score (nSPS) is 19.9. The fraction of sp³-hybridized carbons (Fsp3) is 0.909. The van der Waals surface area contributed by atoms with Gasteiger partial charge >= 0.3 is 0 Å². The van der Waals surface area contributed by atoms with E-state index >= 15 is 0 Å². The van der Waals surface area contributed by atoms with Crippen molar-refractivity contribution in [2.24, 2.45) is 5.92 Å². The first kappa shape index (κ1) is 12.8. The third-order valence-electron chi connectivity index (χ3n) is 3.04. The minimum Gasteiger partial charge on any atom is -0.342 e. The zero-order chi connectivity index (χ0) is 11.3. The van der Waals surface area contributed by atoms with Gasteiger partial charge in [-0.15, -0.1) is 0 Å². The quantitative estimate of drug-likeness (QED) is 0.787. The first-order valence-corrected chi connectivity index (χ1v) is 7.02. The van der Waals surface area contributed by atoms with E-state index in [1.165, 1.54) is 0 Å². The molecule has 1 fully saturated rings. The molecular formula is C11H22N2OS. The Kier molecular flexibility index (Phi) is 5.47. The number of piperidine rings is 1. The van der Waals surface area contributed by atoms with E-state index in [9.17, 15) is 4.79 Å². The molecule has 3 nitrogen and oxygen atoms in total. The minimum atomic E-state index is 0.153. The van der Waals surface area contributed by atoms with E-state index in [1.807, 2.05) is 25.1 Å². The molecule has 4 heteroatoms. The van der Waals surface area contributed by atoms with Crippen molar-refractivity contribution < 1.29 is 4.79 Å². The van der Waals surface area contributed by atoms with E-state index < -0.39 is 0 Å². The van der Waals surface area contributed by atoms with Crippen LogP contribution in [0.5, 0.6) is 0 Å². The first-order valence-electron chi connectivity index (χ1n) is 5.63. The standard InChI is InChI=1S/C11H22N2OS/c1-9(8-15-3)11(14)13(2)10-4-6-12-7-5-10/h9-10,12H,4-8H2,1-3H3. The lowest BCUT2D eigenvalue weighted by molar-refractivity contribution is -0.135. The van der Waals surface area contributed by atoms with Crippen molar-refractivity contribution in [1.29, 1.82) is 0 Å². The number of hydrogen-bond donors (Lipinski definition) is 1. The molecular weight excluding hydrogens is 208 g/mol. The average molecular weight is 230 g/mol. The molecule has 1 aliphatic heterocycles. The van der Waals surface area contributed by atoms with Gasteiger partial charge in [-0.1, -0.05) is 6.92 Å². The predicted molar refractivity (Wildman–Crippen MR) is 66.2 cm³/mol. The van der Waals surface area contributed by atoms with E-state index in [0.29, 0.717) is 11.9 Å². The summed E-state index contributed by atoms with van der Waals surface area (Å²) in [4.78, 5) is 14.0. The number of carbonyl (C=O) groups is 1. The number of nitrogens with one attached hydrogen (secondary N) is 1. The molecule has 1 atom stereocenters. The zero-order valence-corrected chi connectivity index (χ0v) is 10.8. The highest BCUT2D eigenvalue weighted by Gasteiger charge is 2.24. The van der Waals surface area contributed by atoms with Crippen LogP contribution < -0.4 is 5.32 Å². The summed E-state index contributed by atoms with van der Waals surface area (Å²) in [5, 5.41) is 3.32.